The van der Waals surface area contributed by atoms with Crippen molar-refractivity contribution in [1.29, 1.82) is 5.26 Å². The Kier molecular flexibility index (Phi) is 7.64. The van der Waals surface area contributed by atoms with Crippen LogP contribution in [0.1, 0.15) is 5.56 Å². The quantitative estimate of drug-likeness (QED) is 0.269. The van der Waals surface area contributed by atoms with Crippen LogP contribution < -0.4 is 10.2 Å². The third-order valence-corrected chi connectivity index (χ3v) is 7.43. The van der Waals surface area contributed by atoms with E-state index in [2.05, 4.69) is 21.2 Å². The molecule has 0 spiro atoms. The second-order valence-electron chi connectivity index (χ2n) is 7.31. The normalized spacial score (nSPS) is 16.8. The highest BCUT2D eigenvalue weighted by atomic mass is 79.9. The van der Waals surface area contributed by atoms with E-state index in [9.17, 15) is 14.9 Å². The number of carbonyl (C=O) groups is 2. The number of anilines is 2. The summed E-state index contributed by atoms with van der Waals surface area (Å²) < 4.78 is 0.839. The number of hydrogen-bond acceptors (Lipinski definition) is 4. The maximum Gasteiger partial charge on any atom is 0.269 e. The summed E-state index contributed by atoms with van der Waals surface area (Å²) in [5, 5.41) is 13.3. The maximum atomic E-state index is 13.5. The molecule has 1 unspecified atom stereocenters. The lowest BCUT2D eigenvalue weighted by Crippen LogP contribution is -2.31. The minimum absolute atomic E-state index is 0.148. The maximum absolute atomic E-state index is 13.5. The number of amides is 2. The lowest BCUT2D eigenvalue weighted by atomic mass is 10.1. The summed E-state index contributed by atoms with van der Waals surface area (Å²) in [6, 6.07) is 23.0. The highest BCUT2D eigenvalue weighted by Crippen LogP contribution is 2.43. The topological polar surface area (TPSA) is 73.2 Å². The molecule has 0 bridgehead atoms. The molecule has 0 saturated carbocycles. The van der Waals surface area contributed by atoms with Crippen molar-refractivity contribution in [3.63, 3.8) is 0 Å². The molecule has 0 aliphatic carbocycles. The molecule has 1 heterocycles. The van der Waals surface area contributed by atoms with Gasteiger partial charge in [0.2, 0.25) is 5.91 Å². The van der Waals surface area contributed by atoms with E-state index < -0.39 is 11.2 Å². The van der Waals surface area contributed by atoms with Gasteiger partial charge in [0.1, 0.15) is 16.7 Å². The van der Waals surface area contributed by atoms with E-state index in [1.807, 2.05) is 12.1 Å². The van der Waals surface area contributed by atoms with Gasteiger partial charge in [-0.1, -0.05) is 69.1 Å². The fourth-order valence-electron chi connectivity index (χ4n) is 3.43. The zero-order chi connectivity index (χ0) is 24.2. The minimum atomic E-state index is -0.595. The van der Waals surface area contributed by atoms with Crippen molar-refractivity contribution < 1.29 is 9.59 Å². The van der Waals surface area contributed by atoms with Gasteiger partial charge >= 0.3 is 0 Å². The summed E-state index contributed by atoms with van der Waals surface area (Å²) in [5.41, 5.74) is 1.66. The number of halogens is 3. The molecule has 9 heteroatoms. The molecule has 5 nitrogen and oxygen atoms in total. The summed E-state index contributed by atoms with van der Waals surface area (Å²) in [5.74, 6) is -0.842. The lowest BCUT2D eigenvalue weighted by molar-refractivity contribution is -0.117. The van der Waals surface area contributed by atoms with E-state index in [1.165, 1.54) is 16.7 Å². The number of thioether (sulfide) groups is 1. The molecule has 1 N–H and O–H groups in total. The van der Waals surface area contributed by atoms with Crippen molar-refractivity contribution in [3.8, 4) is 6.07 Å². The average Bonchev–Trinajstić information content (AvgIpc) is 3.13. The Morgan fingerprint density at radius 2 is 1.79 bits per heavy atom. The van der Waals surface area contributed by atoms with E-state index in [4.69, 9.17) is 23.2 Å². The molecular weight excluding hydrogens is 557 g/mol. The van der Waals surface area contributed by atoms with Crippen molar-refractivity contribution in [2.24, 2.45) is 0 Å². The smallest absolute Gasteiger partial charge is 0.269 e. The first-order chi connectivity index (χ1) is 16.4. The van der Waals surface area contributed by atoms with Crippen LogP contribution in [-0.4, -0.2) is 17.1 Å². The first-order valence-electron chi connectivity index (χ1n) is 10.1. The SMILES string of the molecule is N#C/C(C(=O)Nc1ccccc1)=C1/SC(Cc2cc(Cl)ccc2Cl)C(=O)N1c1ccc(Br)cc1. The number of para-hydroxylation sites is 1. The summed E-state index contributed by atoms with van der Waals surface area (Å²) in [4.78, 5) is 28.0. The fourth-order valence-corrected chi connectivity index (χ4v) is 5.38. The molecule has 1 saturated heterocycles. The number of nitrogens with one attached hydrogen (secondary N) is 1. The van der Waals surface area contributed by atoms with Crippen molar-refractivity contribution in [2.45, 2.75) is 11.7 Å². The van der Waals surface area contributed by atoms with Gasteiger partial charge < -0.3 is 5.32 Å². The Morgan fingerprint density at radius 1 is 1.09 bits per heavy atom. The molecule has 3 aromatic rings. The molecule has 2 amide bonds. The van der Waals surface area contributed by atoms with Crippen LogP contribution in [0.3, 0.4) is 0 Å². The number of nitrogens with zero attached hydrogens (tertiary/aromatic N) is 2. The van der Waals surface area contributed by atoms with Gasteiger partial charge in [0, 0.05) is 25.9 Å². The second-order valence-corrected chi connectivity index (χ2v) is 10.3. The van der Waals surface area contributed by atoms with Crippen LogP contribution in [0, 0.1) is 11.3 Å². The van der Waals surface area contributed by atoms with Crippen LogP contribution >= 0.6 is 50.9 Å². The zero-order valence-corrected chi connectivity index (χ0v) is 21.4. The summed E-state index contributed by atoms with van der Waals surface area (Å²) in [6.07, 6.45) is 0.290. The van der Waals surface area contributed by atoms with E-state index in [0.717, 1.165) is 4.47 Å². The number of benzene rings is 3. The van der Waals surface area contributed by atoms with Gasteiger partial charge in [0.05, 0.1) is 5.25 Å². The summed E-state index contributed by atoms with van der Waals surface area (Å²) in [6.45, 7) is 0. The first kappa shape index (κ1) is 24.4. The van der Waals surface area contributed by atoms with Gasteiger partial charge in [-0.05, 0) is 66.6 Å². The standard InChI is InChI=1S/C25H16BrCl2N3O2S/c26-16-6-9-19(10-7-16)31-24(33)22(13-15-12-17(27)8-11-21(15)28)34-25(31)20(14-29)23(32)30-18-4-2-1-3-5-18/h1-12,22H,13H2,(H,30,32)/b25-20-. The molecule has 1 aliphatic heterocycles. The van der Waals surface area contributed by atoms with E-state index in [1.54, 1.807) is 66.7 Å². The van der Waals surface area contributed by atoms with Gasteiger partial charge in [-0.2, -0.15) is 5.26 Å². The minimum Gasteiger partial charge on any atom is -0.321 e. The predicted octanol–water partition coefficient (Wildman–Crippen LogP) is 6.82. The third kappa shape index (κ3) is 5.31. The molecule has 0 radical (unpaired) electrons. The van der Waals surface area contributed by atoms with Crippen LogP contribution in [0.4, 0.5) is 11.4 Å². The second kappa shape index (κ2) is 10.7. The van der Waals surface area contributed by atoms with E-state index in [0.29, 0.717) is 33.4 Å². The van der Waals surface area contributed by atoms with Gasteiger partial charge in [-0.3, -0.25) is 14.5 Å². The Bertz CT molecular complexity index is 1320. The van der Waals surface area contributed by atoms with Gasteiger partial charge in [-0.25, -0.2) is 0 Å². The highest BCUT2D eigenvalue weighted by molar-refractivity contribution is 9.10. The molecular formula is C25H16BrCl2N3O2S. The molecule has 0 aromatic heterocycles. The van der Waals surface area contributed by atoms with Crippen molar-refractivity contribution in [3.05, 3.63) is 103 Å². The molecule has 34 heavy (non-hydrogen) atoms. The molecule has 3 aromatic carbocycles. The van der Waals surface area contributed by atoms with Crippen molar-refractivity contribution in [2.75, 3.05) is 10.2 Å². The molecule has 170 valence electrons. The Balaban J connectivity index is 1.74. The third-order valence-electron chi connectivity index (χ3n) is 5.04. The van der Waals surface area contributed by atoms with Gasteiger partial charge in [0.25, 0.3) is 5.91 Å². The molecule has 1 aliphatic rings. The molecule has 1 atom stereocenters. The summed E-state index contributed by atoms with van der Waals surface area (Å²) in [7, 11) is 0. The summed E-state index contributed by atoms with van der Waals surface area (Å²) >= 11 is 17.0. The van der Waals surface area contributed by atoms with Crippen LogP contribution in [-0.2, 0) is 16.0 Å². The van der Waals surface area contributed by atoms with Crippen LogP contribution in [0.25, 0.3) is 0 Å². The Morgan fingerprint density at radius 3 is 2.47 bits per heavy atom. The van der Waals surface area contributed by atoms with Crippen LogP contribution in [0.2, 0.25) is 10.0 Å². The predicted molar refractivity (Wildman–Crippen MR) is 141 cm³/mol. The van der Waals surface area contributed by atoms with E-state index in [-0.39, 0.29) is 16.5 Å². The highest BCUT2D eigenvalue weighted by Gasteiger charge is 2.41. The lowest BCUT2D eigenvalue weighted by Gasteiger charge is -2.19. The number of hydrogen-bond donors (Lipinski definition) is 1. The average molecular weight is 573 g/mol. The van der Waals surface area contributed by atoms with Gasteiger partial charge in [-0.15, -0.1) is 0 Å². The van der Waals surface area contributed by atoms with Gasteiger partial charge in [0.15, 0.2) is 0 Å². The molecule has 1 fully saturated rings. The number of carbonyl (C=O) groups excluding carboxylic acids is 2. The van der Waals surface area contributed by atoms with Crippen LogP contribution in [0.15, 0.2) is 87.9 Å². The first-order valence-corrected chi connectivity index (χ1v) is 12.5. The largest absolute Gasteiger partial charge is 0.321 e. The Labute approximate surface area is 219 Å². The molecule has 4 rings (SSSR count). The van der Waals surface area contributed by atoms with Crippen molar-refractivity contribution >= 4 is 74.1 Å². The zero-order valence-electron chi connectivity index (χ0n) is 17.5. The van der Waals surface area contributed by atoms with Crippen LogP contribution in [0.5, 0.6) is 0 Å². The number of rotatable bonds is 5. The fraction of sp³-hybridized carbons (Fsp3) is 0.0800. The van der Waals surface area contributed by atoms with Crippen molar-refractivity contribution in [1.82, 2.24) is 0 Å². The van der Waals surface area contributed by atoms with E-state index >= 15 is 0 Å². The number of nitriles is 1. The Hall–Kier alpha value is -2.76. The monoisotopic (exact) mass is 571 g/mol.